The van der Waals surface area contributed by atoms with Gasteiger partial charge in [-0.25, -0.2) is 0 Å². The molecule has 0 atom stereocenters. The standard InChI is InChI=1S/C9H8ClF2NO/c1-5-3-2-4-6(10)7(5)13-9(14)8(11)12/h2-4,8H,1H3,(H,13,14). The van der Waals surface area contributed by atoms with Gasteiger partial charge in [-0.1, -0.05) is 23.7 Å². The lowest BCUT2D eigenvalue weighted by molar-refractivity contribution is -0.126. The Hall–Kier alpha value is -1.16. The van der Waals surface area contributed by atoms with Crippen molar-refractivity contribution in [2.75, 3.05) is 5.32 Å². The number of carbonyl (C=O) groups excluding carboxylic acids is 1. The summed E-state index contributed by atoms with van der Waals surface area (Å²) in [5.41, 5.74) is 0.881. The third kappa shape index (κ3) is 2.42. The predicted octanol–water partition coefficient (Wildman–Crippen LogP) is 2.85. The molecule has 0 saturated heterocycles. The van der Waals surface area contributed by atoms with Crippen LogP contribution in [0.25, 0.3) is 0 Å². The molecule has 0 aliphatic carbocycles. The third-order valence-corrected chi connectivity index (χ3v) is 1.98. The van der Waals surface area contributed by atoms with Crippen molar-refractivity contribution in [2.24, 2.45) is 0 Å². The number of benzene rings is 1. The first-order chi connectivity index (χ1) is 6.52. The summed E-state index contributed by atoms with van der Waals surface area (Å²) in [6.07, 6.45) is -3.04. The largest absolute Gasteiger partial charge is 0.320 e. The van der Waals surface area contributed by atoms with E-state index < -0.39 is 12.3 Å². The maximum Gasteiger partial charge on any atom is 0.315 e. The Morgan fingerprint density at radius 3 is 2.64 bits per heavy atom. The number of hydrogen-bond donors (Lipinski definition) is 1. The fraction of sp³-hybridized carbons (Fsp3) is 0.222. The number of para-hydroxylation sites is 1. The number of carbonyl (C=O) groups is 1. The lowest BCUT2D eigenvalue weighted by Crippen LogP contribution is -2.20. The van der Waals surface area contributed by atoms with Gasteiger partial charge in [-0.3, -0.25) is 4.79 Å². The summed E-state index contributed by atoms with van der Waals surface area (Å²) in [7, 11) is 0. The Kier molecular flexibility index (Phi) is 3.41. The van der Waals surface area contributed by atoms with E-state index in [1.807, 2.05) is 0 Å². The van der Waals surface area contributed by atoms with E-state index in [2.05, 4.69) is 5.32 Å². The molecule has 76 valence electrons. The van der Waals surface area contributed by atoms with E-state index in [1.54, 1.807) is 19.1 Å². The van der Waals surface area contributed by atoms with Crippen molar-refractivity contribution in [1.82, 2.24) is 0 Å². The minimum absolute atomic E-state index is 0.236. The van der Waals surface area contributed by atoms with Crippen LogP contribution in [0.2, 0.25) is 5.02 Å². The lowest BCUT2D eigenvalue weighted by atomic mass is 10.2. The van der Waals surface area contributed by atoms with E-state index in [4.69, 9.17) is 11.6 Å². The number of anilines is 1. The van der Waals surface area contributed by atoms with Crippen molar-refractivity contribution in [3.05, 3.63) is 28.8 Å². The van der Waals surface area contributed by atoms with Gasteiger partial charge in [-0.05, 0) is 18.6 Å². The Bertz CT molecular complexity index is 334. The van der Waals surface area contributed by atoms with Crippen LogP contribution < -0.4 is 5.32 Å². The topological polar surface area (TPSA) is 29.1 Å². The molecule has 0 aliphatic rings. The second-order valence-electron chi connectivity index (χ2n) is 2.72. The van der Waals surface area contributed by atoms with Crippen molar-refractivity contribution >= 4 is 23.2 Å². The van der Waals surface area contributed by atoms with Crippen LogP contribution in [-0.4, -0.2) is 12.3 Å². The smallest absolute Gasteiger partial charge is 0.315 e. The zero-order valence-electron chi connectivity index (χ0n) is 7.35. The first-order valence-electron chi connectivity index (χ1n) is 3.86. The number of amides is 1. The van der Waals surface area contributed by atoms with Crippen LogP contribution in [0.5, 0.6) is 0 Å². The number of hydrogen-bond acceptors (Lipinski definition) is 1. The monoisotopic (exact) mass is 219 g/mol. The molecule has 0 aromatic heterocycles. The summed E-state index contributed by atoms with van der Waals surface area (Å²) in [6, 6.07) is 4.87. The number of rotatable bonds is 2. The molecule has 1 aromatic rings. The summed E-state index contributed by atoms with van der Waals surface area (Å²) in [6.45, 7) is 1.67. The van der Waals surface area contributed by atoms with Gasteiger partial charge < -0.3 is 5.32 Å². The highest BCUT2D eigenvalue weighted by Gasteiger charge is 2.17. The molecule has 0 fully saturated rings. The van der Waals surface area contributed by atoms with Gasteiger partial charge in [0.15, 0.2) is 0 Å². The Morgan fingerprint density at radius 1 is 1.50 bits per heavy atom. The molecule has 1 N–H and O–H groups in total. The zero-order valence-corrected chi connectivity index (χ0v) is 8.11. The maximum absolute atomic E-state index is 11.9. The summed E-state index contributed by atoms with van der Waals surface area (Å²) < 4.78 is 23.8. The van der Waals surface area contributed by atoms with Crippen LogP contribution in [0.4, 0.5) is 14.5 Å². The number of nitrogens with one attached hydrogen (secondary N) is 1. The van der Waals surface area contributed by atoms with Crippen LogP contribution in [-0.2, 0) is 4.79 Å². The molecular weight excluding hydrogens is 212 g/mol. The zero-order chi connectivity index (χ0) is 10.7. The van der Waals surface area contributed by atoms with E-state index in [-0.39, 0.29) is 10.7 Å². The van der Waals surface area contributed by atoms with Gasteiger partial charge in [0.2, 0.25) is 0 Å². The number of halogens is 3. The molecule has 5 heteroatoms. The summed E-state index contributed by atoms with van der Waals surface area (Å²) in [5.74, 6) is -1.35. The highest BCUT2D eigenvalue weighted by Crippen LogP contribution is 2.25. The van der Waals surface area contributed by atoms with Gasteiger partial charge in [0, 0.05) is 0 Å². The second-order valence-corrected chi connectivity index (χ2v) is 3.13. The summed E-state index contributed by atoms with van der Waals surface area (Å²) in [5, 5.41) is 2.31. The van der Waals surface area contributed by atoms with E-state index in [0.717, 1.165) is 0 Å². The lowest BCUT2D eigenvalue weighted by Gasteiger charge is -2.09. The summed E-state index contributed by atoms with van der Waals surface area (Å²) >= 11 is 5.72. The highest BCUT2D eigenvalue weighted by molar-refractivity contribution is 6.33. The average Bonchev–Trinajstić information content (AvgIpc) is 2.11. The quantitative estimate of drug-likeness (QED) is 0.814. The molecule has 0 saturated carbocycles. The molecule has 0 heterocycles. The van der Waals surface area contributed by atoms with Gasteiger partial charge in [0.1, 0.15) is 0 Å². The molecule has 1 aromatic carbocycles. The van der Waals surface area contributed by atoms with Crippen LogP contribution in [0.3, 0.4) is 0 Å². The van der Waals surface area contributed by atoms with Crippen molar-refractivity contribution < 1.29 is 13.6 Å². The van der Waals surface area contributed by atoms with Gasteiger partial charge in [0.25, 0.3) is 5.91 Å². The maximum atomic E-state index is 11.9. The first-order valence-corrected chi connectivity index (χ1v) is 4.24. The van der Waals surface area contributed by atoms with Crippen LogP contribution >= 0.6 is 11.6 Å². The van der Waals surface area contributed by atoms with Crippen LogP contribution in [0, 0.1) is 6.92 Å². The van der Waals surface area contributed by atoms with Gasteiger partial charge in [-0.15, -0.1) is 0 Å². The first kappa shape index (κ1) is 10.9. The number of alkyl halides is 2. The van der Waals surface area contributed by atoms with Gasteiger partial charge in [0.05, 0.1) is 10.7 Å². The van der Waals surface area contributed by atoms with E-state index in [1.165, 1.54) is 6.07 Å². The highest BCUT2D eigenvalue weighted by atomic mass is 35.5. The third-order valence-electron chi connectivity index (χ3n) is 1.67. The molecule has 0 bridgehead atoms. The minimum atomic E-state index is -3.04. The molecule has 0 unspecified atom stereocenters. The Morgan fingerprint density at radius 2 is 2.14 bits per heavy atom. The minimum Gasteiger partial charge on any atom is -0.320 e. The van der Waals surface area contributed by atoms with Crippen LogP contribution in [0.15, 0.2) is 18.2 Å². The molecule has 0 aliphatic heterocycles. The van der Waals surface area contributed by atoms with Crippen molar-refractivity contribution in [3.8, 4) is 0 Å². The fourth-order valence-corrected chi connectivity index (χ4v) is 1.24. The van der Waals surface area contributed by atoms with Crippen LogP contribution in [0.1, 0.15) is 5.56 Å². The summed E-state index contributed by atoms with van der Waals surface area (Å²) in [4.78, 5) is 10.7. The predicted molar refractivity (Wildman–Crippen MR) is 50.8 cm³/mol. The van der Waals surface area contributed by atoms with E-state index >= 15 is 0 Å². The Balaban J connectivity index is 2.91. The van der Waals surface area contributed by atoms with Crippen molar-refractivity contribution in [2.45, 2.75) is 13.3 Å². The van der Waals surface area contributed by atoms with Gasteiger partial charge >= 0.3 is 6.43 Å². The molecule has 14 heavy (non-hydrogen) atoms. The fourth-order valence-electron chi connectivity index (χ4n) is 0.968. The van der Waals surface area contributed by atoms with Crippen molar-refractivity contribution in [3.63, 3.8) is 0 Å². The molecular formula is C9H8ClF2NO. The molecule has 1 rings (SSSR count). The average molecular weight is 220 g/mol. The molecule has 1 amide bonds. The van der Waals surface area contributed by atoms with Crippen molar-refractivity contribution in [1.29, 1.82) is 0 Å². The van der Waals surface area contributed by atoms with E-state index in [9.17, 15) is 13.6 Å². The van der Waals surface area contributed by atoms with Gasteiger partial charge in [-0.2, -0.15) is 8.78 Å². The SMILES string of the molecule is Cc1cccc(Cl)c1NC(=O)C(F)F. The Labute approximate surface area is 84.9 Å². The number of aryl methyl sites for hydroxylation is 1. The van der Waals surface area contributed by atoms with E-state index in [0.29, 0.717) is 5.56 Å². The molecule has 2 nitrogen and oxygen atoms in total. The second kappa shape index (κ2) is 4.37. The molecule has 0 radical (unpaired) electrons. The molecule has 0 spiro atoms. The normalized spacial score (nSPS) is 10.4.